The van der Waals surface area contributed by atoms with Gasteiger partial charge in [0.15, 0.2) is 0 Å². The Labute approximate surface area is 86.3 Å². The molecule has 0 radical (unpaired) electrons. The maximum absolute atomic E-state index is 13.2. The van der Waals surface area contributed by atoms with E-state index in [2.05, 4.69) is 5.32 Å². The SMILES string of the molecule is O=CC1(C(=O)Nc2ccccc2F)CC1. The first-order valence-electron chi connectivity index (χ1n) is 4.70. The van der Waals surface area contributed by atoms with Gasteiger partial charge in [-0.2, -0.15) is 0 Å². The van der Waals surface area contributed by atoms with Crippen LogP contribution < -0.4 is 5.32 Å². The van der Waals surface area contributed by atoms with Crippen molar-refractivity contribution in [3.8, 4) is 0 Å². The summed E-state index contributed by atoms with van der Waals surface area (Å²) in [6.45, 7) is 0. The fourth-order valence-electron chi connectivity index (χ4n) is 1.34. The van der Waals surface area contributed by atoms with Crippen LogP contribution in [0.25, 0.3) is 0 Å². The van der Waals surface area contributed by atoms with Crippen molar-refractivity contribution in [2.45, 2.75) is 12.8 Å². The fourth-order valence-corrected chi connectivity index (χ4v) is 1.34. The Hall–Kier alpha value is -1.71. The standard InChI is InChI=1S/C11H10FNO2/c12-8-3-1-2-4-9(8)13-10(15)11(7-14)5-6-11/h1-4,7H,5-6H2,(H,13,15). The minimum atomic E-state index is -0.901. The van der Waals surface area contributed by atoms with Crippen molar-refractivity contribution in [2.24, 2.45) is 5.41 Å². The number of para-hydroxylation sites is 1. The number of anilines is 1. The highest BCUT2D eigenvalue weighted by Gasteiger charge is 2.50. The number of hydrogen-bond acceptors (Lipinski definition) is 2. The third-order valence-electron chi connectivity index (χ3n) is 2.59. The fraction of sp³-hybridized carbons (Fsp3) is 0.273. The van der Waals surface area contributed by atoms with Gasteiger partial charge in [0.1, 0.15) is 17.5 Å². The summed E-state index contributed by atoms with van der Waals surface area (Å²) in [6.07, 6.45) is 1.75. The van der Waals surface area contributed by atoms with Gasteiger partial charge in [0.2, 0.25) is 5.91 Å². The summed E-state index contributed by atoms with van der Waals surface area (Å²) in [5.41, 5.74) is -0.780. The number of amides is 1. The van der Waals surface area contributed by atoms with Crippen molar-refractivity contribution < 1.29 is 14.0 Å². The average Bonchev–Trinajstić information content (AvgIpc) is 3.02. The summed E-state index contributed by atoms with van der Waals surface area (Å²) in [7, 11) is 0. The summed E-state index contributed by atoms with van der Waals surface area (Å²) in [4.78, 5) is 22.2. The minimum absolute atomic E-state index is 0.121. The Bertz CT molecular complexity index is 413. The lowest BCUT2D eigenvalue weighted by Gasteiger charge is -2.09. The number of benzene rings is 1. The van der Waals surface area contributed by atoms with Crippen LogP contribution in [0.4, 0.5) is 10.1 Å². The second kappa shape index (κ2) is 3.46. The van der Waals surface area contributed by atoms with Crippen LogP contribution in [0.3, 0.4) is 0 Å². The summed E-state index contributed by atoms with van der Waals surface area (Å²) in [5, 5.41) is 2.42. The second-order valence-electron chi connectivity index (χ2n) is 3.71. The Morgan fingerprint density at radius 1 is 1.40 bits per heavy atom. The Morgan fingerprint density at radius 3 is 2.60 bits per heavy atom. The van der Waals surface area contributed by atoms with Crippen LogP contribution in [0.2, 0.25) is 0 Å². The molecule has 0 spiro atoms. The Kier molecular flexibility index (Phi) is 2.26. The lowest BCUT2D eigenvalue weighted by Crippen LogP contribution is -2.25. The Balaban J connectivity index is 2.13. The van der Waals surface area contributed by atoms with Gasteiger partial charge in [-0.15, -0.1) is 0 Å². The molecule has 0 saturated heterocycles. The molecule has 1 amide bonds. The van der Waals surface area contributed by atoms with Gasteiger partial charge in [-0.3, -0.25) is 4.79 Å². The lowest BCUT2D eigenvalue weighted by molar-refractivity contribution is -0.126. The maximum Gasteiger partial charge on any atom is 0.237 e. The molecule has 4 heteroatoms. The van der Waals surface area contributed by atoms with Crippen molar-refractivity contribution in [2.75, 3.05) is 5.32 Å². The molecular weight excluding hydrogens is 197 g/mol. The van der Waals surface area contributed by atoms with E-state index in [0.29, 0.717) is 19.1 Å². The summed E-state index contributed by atoms with van der Waals surface area (Å²) >= 11 is 0. The zero-order valence-corrected chi connectivity index (χ0v) is 8.00. The first kappa shape index (κ1) is 9.83. The zero-order valence-electron chi connectivity index (χ0n) is 8.00. The van der Waals surface area contributed by atoms with Gasteiger partial charge in [-0.1, -0.05) is 12.1 Å². The molecule has 1 aliphatic carbocycles. The normalized spacial score (nSPS) is 16.9. The molecular formula is C11H10FNO2. The van der Waals surface area contributed by atoms with Crippen LogP contribution >= 0.6 is 0 Å². The van der Waals surface area contributed by atoms with Gasteiger partial charge in [-0.25, -0.2) is 4.39 Å². The molecule has 0 aromatic heterocycles. The third kappa shape index (κ3) is 1.75. The molecule has 0 atom stereocenters. The molecule has 0 aliphatic heterocycles. The molecule has 2 rings (SSSR count). The maximum atomic E-state index is 13.2. The van der Waals surface area contributed by atoms with Gasteiger partial charge in [0, 0.05) is 0 Å². The van der Waals surface area contributed by atoms with Crippen molar-refractivity contribution >= 4 is 17.9 Å². The molecule has 1 fully saturated rings. The van der Waals surface area contributed by atoms with Crippen molar-refractivity contribution in [3.63, 3.8) is 0 Å². The van der Waals surface area contributed by atoms with Gasteiger partial charge in [-0.05, 0) is 25.0 Å². The molecule has 3 nitrogen and oxygen atoms in total. The molecule has 1 saturated carbocycles. The monoisotopic (exact) mass is 207 g/mol. The van der Waals surface area contributed by atoms with Gasteiger partial charge in [0.05, 0.1) is 5.69 Å². The summed E-state index contributed by atoms with van der Waals surface area (Å²) in [5.74, 6) is -0.907. The van der Waals surface area contributed by atoms with Crippen LogP contribution in [0.15, 0.2) is 24.3 Å². The van der Waals surface area contributed by atoms with E-state index >= 15 is 0 Å². The van der Waals surface area contributed by atoms with Crippen LogP contribution in [0, 0.1) is 11.2 Å². The van der Waals surface area contributed by atoms with Gasteiger partial charge in [0.25, 0.3) is 0 Å². The van der Waals surface area contributed by atoms with Crippen molar-refractivity contribution in [1.29, 1.82) is 0 Å². The van der Waals surface area contributed by atoms with E-state index in [0.717, 1.165) is 0 Å². The van der Waals surface area contributed by atoms with Crippen LogP contribution in [-0.2, 0) is 9.59 Å². The first-order valence-corrected chi connectivity index (χ1v) is 4.70. The molecule has 1 N–H and O–H groups in total. The van der Waals surface area contributed by atoms with Gasteiger partial charge >= 0.3 is 0 Å². The Morgan fingerprint density at radius 2 is 2.07 bits per heavy atom. The molecule has 1 aliphatic rings. The minimum Gasteiger partial charge on any atom is -0.323 e. The largest absolute Gasteiger partial charge is 0.323 e. The third-order valence-corrected chi connectivity index (χ3v) is 2.59. The zero-order chi connectivity index (χ0) is 10.9. The summed E-state index contributed by atoms with van der Waals surface area (Å²) in [6, 6.07) is 5.89. The highest BCUT2D eigenvalue weighted by molar-refractivity contribution is 6.07. The van der Waals surface area contributed by atoms with E-state index in [1.807, 2.05) is 0 Å². The molecule has 0 bridgehead atoms. The number of nitrogens with one attached hydrogen (secondary N) is 1. The number of rotatable bonds is 3. The van der Waals surface area contributed by atoms with E-state index in [1.54, 1.807) is 6.07 Å². The lowest BCUT2D eigenvalue weighted by atomic mass is 10.1. The van der Waals surface area contributed by atoms with Crippen molar-refractivity contribution in [1.82, 2.24) is 0 Å². The molecule has 1 aromatic rings. The van der Waals surface area contributed by atoms with Gasteiger partial charge < -0.3 is 10.1 Å². The van der Waals surface area contributed by atoms with E-state index in [4.69, 9.17) is 0 Å². The average molecular weight is 207 g/mol. The number of carbonyl (C=O) groups excluding carboxylic acids is 2. The second-order valence-corrected chi connectivity index (χ2v) is 3.71. The van der Waals surface area contributed by atoms with Crippen molar-refractivity contribution in [3.05, 3.63) is 30.1 Å². The van der Waals surface area contributed by atoms with E-state index in [9.17, 15) is 14.0 Å². The highest BCUT2D eigenvalue weighted by Crippen LogP contribution is 2.44. The van der Waals surface area contributed by atoms with Crippen LogP contribution in [0.1, 0.15) is 12.8 Å². The smallest absolute Gasteiger partial charge is 0.237 e. The number of carbonyl (C=O) groups is 2. The summed E-state index contributed by atoms with van der Waals surface area (Å²) < 4.78 is 13.2. The van der Waals surface area contributed by atoms with Crippen LogP contribution in [0.5, 0.6) is 0 Å². The molecule has 0 unspecified atom stereocenters. The highest BCUT2D eigenvalue weighted by atomic mass is 19.1. The quantitative estimate of drug-likeness (QED) is 0.606. The van der Waals surface area contributed by atoms with E-state index < -0.39 is 17.1 Å². The number of hydrogen-bond donors (Lipinski definition) is 1. The molecule has 0 heterocycles. The predicted molar refractivity (Wildman–Crippen MR) is 52.8 cm³/mol. The van der Waals surface area contributed by atoms with Crippen LogP contribution in [-0.4, -0.2) is 12.2 Å². The van der Waals surface area contributed by atoms with E-state index in [1.165, 1.54) is 18.2 Å². The number of halogens is 1. The molecule has 78 valence electrons. The topological polar surface area (TPSA) is 46.2 Å². The molecule has 15 heavy (non-hydrogen) atoms. The first-order chi connectivity index (χ1) is 7.18. The molecule has 1 aromatic carbocycles. The van der Waals surface area contributed by atoms with E-state index in [-0.39, 0.29) is 5.69 Å². The number of aldehydes is 1. The predicted octanol–water partition coefficient (Wildman–Crippen LogP) is 1.74.